The quantitative estimate of drug-likeness (QED) is 0.139. The second kappa shape index (κ2) is 18.2. The first kappa shape index (κ1) is 37.7. The van der Waals surface area contributed by atoms with Crippen molar-refractivity contribution in [3.63, 3.8) is 0 Å². The van der Waals surface area contributed by atoms with E-state index in [0.717, 1.165) is 0 Å². The van der Waals surface area contributed by atoms with Gasteiger partial charge in [0.25, 0.3) is 0 Å². The lowest BCUT2D eigenvalue weighted by Crippen LogP contribution is -2.45. The zero-order valence-electron chi connectivity index (χ0n) is 26.4. The van der Waals surface area contributed by atoms with Crippen molar-refractivity contribution in [2.45, 2.75) is 86.0 Å². The molecule has 0 saturated heterocycles. The first-order valence-electron chi connectivity index (χ1n) is 14.0. The van der Waals surface area contributed by atoms with Gasteiger partial charge in [0, 0.05) is 39.3 Å². The molecule has 0 bridgehead atoms. The molecule has 0 fully saturated rings. The number of esters is 4. The molecule has 0 radical (unpaired) electrons. The van der Waals surface area contributed by atoms with Gasteiger partial charge in [-0.2, -0.15) is 0 Å². The van der Waals surface area contributed by atoms with Crippen molar-refractivity contribution < 1.29 is 38.1 Å². The summed E-state index contributed by atoms with van der Waals surface area (Å²) in [5.74, 6) is -1.43. The number of hydrogen-bond donors (Lipinski definition) is 2. The smallest absolute Gasteiger partial charge is 0.320 e. The Kier molecular flexibility index (Phi) is 17.2. The molecule has 0 aromatic rings. The molecule has 0 heterocycles. The molecule has 0 rings (SSSR count). The Morgan fingerprint density at radius 3 is 1.25 bits per heavy atom. The molecule has 0 amide bonds. The van der Waals surface area contributed by atoms with Gasteiger partial charge in [-0.15, -0.1) is 0 Å². The molecule has 0 saturated carbocycles. The van der Waals surface area contributed by atoms with Crippen LogP contribution in [-0.2, 0) is 38.1 Å². The lowest BCUT2D eigenvalue weighted by molar-refractivity contribution is -0.157. The summed E-state index contributed by atoms with van der Waals surface area (Å²) in [4.78, 5) is 52.5. The van der Waals surface area contributed by atoms with Gasteiger partial charge < -0.3 is 29.6 Å². The third kappa shape index (κ3) is 23.6. The summed E-state index contributed by atoms with van der Waals surface area (Å²) in [6, 6.07) is 0. The van der Waals surface area contributed by atoms with Crippen LogP contribution in [0.15, 0.2) is 0 Å². The summed E-state index contributed by atoms with van der Waals surface area (Å²) in [5, 5.41) is 6.10. The van der Waals surface area contributed by atoms with Crippen molar-refractivity contribution in [2.75, 3.05) is 72.1 Å². The minimum atomic E-state index is -0.618. The molecule has 0 unspecified atom stereocenters. The minimum absolute atomic E-state index is 0.0511. The minimum Gasteiger partial charge on any atom is -0.465 e. The van der Waals surface area contributed by atoms with E-state index in [0.29, 0.717) is 39.3 Å². The predicted molar refractivity (Wildman–Crippen MR) is 153 cm³/mol. The maximum atomic E-state index is 12.5. The van der Waals surface area contributed by atoms with E-state index in [2.05, 4.69) is 10.6 Å². The molecule has 40 heavy (non-hydrogen) atoms. The summed E-state index contributed by atoms with van der Waals surface area (Å²) in [6.45, 7) is 21.3. The fraction of sp³-hybridized carbons (Fsp3) is 0.857. The van der Waals surface area contributed by atoms with Gasteiger partial charge in [-0.05, 0) is 69.2 Å². The molecule has 0 aliphatic carbocycles. The molecular weight excluding hydrogens is 520 g/mol. The van der Waals surface area contributed by atoms with Crippen LogP contribution >= 0.6 is 0 Å². The average molecular weight is 575 g/mol. The summed E-state index contributed by atoms with van der Waals surface area (Å²) in [6.07, 6.45) is 0. The second-order valence-electron chi connectivity index (χ2n) is 12.5. The van der Waals surface area contributed by atoms with E-state index >= 15 is 0 Å². The van der Waals surface area contributed by atoms with Crippen LogP contribution in [0.2, 0.25) is 0 Å². The number of ether oxygens (including phenoxy) is 4. The van der Waals surface area contributed by atoms with E-state index in [4.69, 9.17) is 18.9 Å². The molecule has 2 N–H and O–H groups in total. The van der Waals surface area contributed by atoms with Crippen LogP contribution in [0.5, 0.6) is 0 Å². The molecule has 0 aromatic carbocycles. The standard InChI is InChI=1S/C28H54N4O8/c1-11-37-24(35)20-31(14-12-29-18-22(33)38-26(2,3)4)16-17-32(21-25(36)40-28(8,9)10)15-13-30-19-23(34)39-27(5,6)7/h29-30H,11-21H2,1-10H3. The monoisotopic (exact) mass is 574 g/mol. The highest BCUT2D eigenvalue weighted by atomic mass is 16.6. The van der Waals surface area contributed by atoms with E-state index < -0.39 is 16.8 Å². The summed E-state index contributed by atoms with van der Waals surface area (Å²) in [7, 11) is 0. The molecular formula is C28H54N4O8. The first-order chi connectivity index (χ1) is 18.3. The maximum Gasteiger partial charge on any atom is 0.320 e. The zero-order valence-corrected chi connectivity index (χ0v) is 26.4. The third-order valence-electron chi connectivity index (χ3n) is 4.75. The van der Waals surface area contributed by atoms with Crippen molar-refractivity contribution >= 4 is 23.9 Å². The van der Waals surface area contributed by atoms with Gasteiger partial charge in [0.1, 0.15) is 16.8 Å². The van der Waals surface area contributed by atoms with Crippen molar-refractivity contribution in [2.24, 2.45) is 0 Å². The molecule has 0 atom stereocenters. The summed E-state index contributed by atoms with van der Waals surface area (Å²) < 4.78 is 21.2. The normalized spacial score (nSPS) is 12.4. The number of carbonyl (C=O) groups excluding carboxylic acids is 4. The van der Waals surface area contributed by atoms with Crippen molar-refractivity contribution in [3.05, 3.63) is 0 Å². The van der Waals surface area contributed by atoms with Gasteiger partial charge in [0.15, 0.2) is 0 Å². The van der Waals surface area contributed by atoms with Crippen LogP contribution in [0.1, 0.15) is 69.2 Å². The van der Waals surface area contributed by atoms with Gasteiger partial charge in [-0.1, -0.05) is 0 Å². The maximum absolute atomic E-state index is 12.5. The van der Waals surface area contributed by atoms with Crippen molar-refractivity contribution in [1.82, 2.24) is 20.4 Å². The Hall–Kier alpha value is -2.28. The molecule has 234 valence electrons. The lowest BCUT2D eigenvalue weighted by Gasteiger charge is -2.28. The van der Waals surface area contributed by atoms with E-state index in [1.807, 2.05) is 72.1 Å². The SMILES string of the molecule is CCOC(=O)CN(CCNCC(=O)OC(C)(C)C)CCN(CCNCC(=O)OC(C)(C)C)CC(=O)OC(C)(C)C. The third-order valence-corrected chi connectivity index (χ3v) is 4.75. The van der Waals surface area contributed by atoms with E-state index in [-0.39, 0.29) is 56.7 Å². The lowest BCUT2D eigenvalue weighted by atomic mass is 10.2. The predicted octanol–water partition coefficient (Wildman–Crippen LogP) is 1.36. The van der Waals surface area contributed by atoms with Crippen LogP contribution in [0.3, 0.4) is 0 Å². The first-order valence-corrected chi connectivity index (χ1v) is 14.0. The number of carbonyl (C=O) groups is 4. The van der Waals surface area contributed by atoms with Crippen LogP contribution in [0.25, 0.3) is 0 Å². The second-order valence-corrected chi connectivity index (χ2v) is 12.5. The highest BCUT2D eigenvalue weighted by Gasteiger charge is 2.21. The van der Waals surface area contributed by atoms with Gasteiger partial charge in [0.05, 0.1) is 32.8 Å². The molecule has 0 aliphatic heterocycles. The van der Waals surface area contributed by atoms with Gasteiger partial charge in [-0.3, -0.25) is 29.0 Å². The molecule has 12 nitrogen and oxygen atoms in total. The molecule has 0 aliphatic rings. The molecule has 0 spiro atoms. The van der Waals surface area contributed by atoms with Crippen LogP contribution in [0, 0.1) is 0 Å². The Morgan fingerprint density at radius 2 is 0.900 bits per heavy atom. The number of nitrogens with zero attached hydrogens (tertiary/aromatic N) is 2. The molecule has 12 heteroatoms. The Labute approximate surface area is 240 Å². The van der Waals surface area contributed by atoms with Crippen LogP contribution in [0.4, 0.5) is 0 Å². The number of hydrogen-bond acceptors (Lipinski definition) is 12. The number of nitrogens with one attached hydrogen (secondary N) is 2. The fourth-order valence-corrected chi connectivity index (χ4v) is 3.38. The fourth-order valence-electron chi connectivity index (χ4n) is 3.38. The Balaban J connectivity index is 5.09. The highest BCUT2D eigenvalue weighted by molar-refractivity contribution is 5.73. The van der Waals surface area contributed by atoms with E-state index in [1.165, 1.54) is 0 Å². The van der Waals surface area contributed by atoms with Gasteiger partial charge in [-0.25, -0.2) is 0 Å². The van der Waals surface area contributed by atoms with Crippen LogP contribution in [-0.4, -0.2) is 123 Å². The Bertz CT molecular complexity index is 785. The van der Waals surface area contributed by atoms with E-state index in [1.54, 1.807) is 6.92 Å². The molecule has 0 aromatic heterocycles. The van der Waals surface area contributed by atoms with Gasteiger partial charge in [0.2, 0.25) is 0 Å². The Morgan fingerprint density at radius 1 is 0.550 bits per heavy atom. The largest absolute Gasteiger partial charge is 0.465 e. The van der Waals surface area contributed by atoms with Crippen molar-refractivity contribution in [1.29, 1.82) is 0 Å². The summed E-state index contributed by atoms with van der Waals surface area (Å²) >= 11 is 0. The average Bonchev–Trinajstić information content (AvgIpc) is 2.73. The van der Waals surface area contributed by atoms with Crippen molar-refractivity contribution in [3.8, 4) is 0 Å². The number of rotatable bonds is 18. The topological polar surface area (TPSA) is 136 Å². The van der Waals surface area contributed by atoms with Gasteiger partial charge >= 0.3 is 23.9 Å². The van der Waals surface area contributed by atoms with E-state index in [9.17, 15) is 19.2 Å². The summed E-state index contributed by atoms with van der Waals surface area (Å²) in [5.41, 5.74) is -1.74. The zero-order chi connectivity index (χ0) is 31.0. The highest BCUT2D eigenvalue weighted by Crippen LogP contribution is 2.08. The van der Waals surface area contributed by atoms with Crippen LogP contribution < -0.4 is 10.6 Å².